The maximum atomic E-state index is 13.4. The molecular formula is C30H25N3O4S. The van der Waals surface area contributed by atoms with Crippen molar-refractivity contribution < 1.29 is 14.5 Å². The van der Waals surface area contributed by atoms with E-state index in [-0.39, 0.29) is 17.5 Å². The van der Waals surface area contributed by atoms with Gasteiger partial charge in [-0.05, 0) is 60.0 Å². The van der Waals surface area contributed by atoms with Gasteiger partial charge in [0.25, 0.3) is 5.69 Å². The van der Waals surface area contributed by atoms with E-state index in [0.717, 1.165) is 16.0 Å². The third-order valence-corrected chi connectivity index (χ3v) is 6.89. The molecule has 4 aromatic rings. The summed E-state index contributed by atoms with van der Waals surface area (Å²) in [6, 6.07) is 30.6. The number of nitrogens with one attached hydrogen (secondary N) is 2. The lowest BCUT2D eigenvalue weighted by Gasteiger charge is -2.18. The van der Waals surface area contributed by atoms with Gasteiger partial charge in [0.15, 0.2) is 0 Å². The van der Waals surface area contributed by atoms with Crippen LogP contribution in [0.5, 0.6) is 0 Å². The first-order valence-electron chi connectivity index (χ1n) is 11.8. The number of nitro benzene ring substituents is 1. The number of aryl methyl sites for hydroxylation is 1. The molecule has 1 unspecified atom stereocenters. The van der Waals surface area contributed by atoms with Crippen LogP contribution in [-0.2, 0) is 9.59 Å². The van der Waals surface area contributed by atoms with Crippen LogP contribution in [0.15, 0.2) is 114 Å². The zero-order valence-corrected chi connectivity index (χ0v) is 21.4. The molecule has 0 aliphatic carbocycles. The molecule has 2 amide bonds. The predicted molar refractivity (Wildman–Crippen MR) is 152 cm³/mol. The molecule has 0 radical (unpaired) electrons. The summed E-state index contributed by atoms with van der Waals surface area (Å²) in [5, 5.41) is 16.2. The van der Waals surface area contributed by atoms with Gasteiger partial charge in [0.2, 0.25) is 11.8 Å². The summed E-state index contributed by atoms with van der Waals surface area (Å²) in [6.07, 6.45) is 3.23. The number of benzene rings is 4. The van der Waals surface area contributed by atoms with Gasteiger partial charge in [-0.3, -0.25) is 19.7 Å². The lowest BCUT2D eigenvalue weighted by atomic mass is 10.1. The molecule has 1 atom stereocenters. The van der Waals surface area contributed by atoms with Crippen LogP contribution < -0.4 is 10.6 Å². The van der Waals surface area contributed by atoms with E-state index in [9.17, 15) is 19.7 Å². The van der Waals surface area contributed by atoms with E-state index in [1.165, 1.54) is 30.0 Å². The van der Waals surface area contributed by atoms with Gasteiger partial charge >= 0.3 is 0 Å². The standard InChI is InChI=1S/C30H25N3O4S/c1-21-20-25(33(36)37)15-18-27(21)32-30(35)29(23-10-6-3-7-11-23)38-26-16-13-24(14-17-26)31-28(34)19-12-22-8-4-2-5-9-22/h2-20,29H,1H3,(H,31,34)(H,32,35)/b19-12+. The van der Waals surface area contributed by atoms with Gasteiger partial charge in [-0.25, -0.2) is 0 Å². The van der Waals surface area contributed by atoms with E-state index in [0.29, 0.717) is 16.9 Å². The Balaban J connectivity index is 1.46. The maximum Gasteiger partial charge on any atom is 0.269 e. The number of nitrogens with zero attached hydrogens (tertiary/aromatic N) is 1. The Morgan fingerprint density at radius 3 is 2.16 bits per heavy atom. The van der Waals surface area contributed by atoms with E-state index >= 15 is 0 Å². The summed E-state index contributed by atoms with van der Waals surface area (Å²) in [6.45, 7) is 1.72. The van der Waals surface area contributed by atoms with Crippen LogP contribution in [0.4, 0.5) is 17.1 Å². The second-order valence-electron chi connectivity index (χ2n) is 8.41. The van der Waals surface area contributed by atoms with Crippen LogP contribution in [-0.4, -0.2) is 16.7 Å². The molecule has 4 aromatic carbocycles. The first-order valence-corrected chi connectivity index (χ1v) is 12.7. The van der Waals surface area contributed by atoms with Gasteiger partial charge in [-0.2, -0.15) is 0 Å². The molecule has 0 saturated heterocycles. The molecule has 0 fully saturated rings. The number of hydrogen-bond acceptors (Lipinski definition) is 5. The summed E-state index contributed by atoms with van der Waals surface area (Å²) in [4.78, 5) is 37.1. The first kappa shape index (κ1) is 26.4. The lowest BCUT2D eigenvalue weighted by molar-refractivity contribution is -0.384. The van der Waals surface area contributed by atoms with Crippen LogP contribution >= 0.6 is 11.8 Å². The average molecular weight is 524 g/mol. The number of anilines is 2. The number of nitro groups is 1. The third kappa shape index (κ3) is 7.18. The lowest BCUT2D eigenvalue weighted by Crippen LogP contribution is -2.19. The number of amides is 2. The van der Waals surface area contributed by atoms with E-state index in [4.69, 9.17) is 0 Å². The Morgan fingerprint density at radius 2 is 1.53 bits per heavy atom. The maximum absolute atomic E-state index is 13.4. The van der Waals surface area contributed by atoms with Crippen molar-refractivity contribution in [2.24, 2.45) is 0 Å². The van der Waals surface area contributed by atoms with Gasteiger partial charge in [0, 0.05) is 34.5 Å². The Morgan fingerprint density at radius 1 is 0.868 bits per heavy atom. The topological polar surface area (TPSA) is 101 Å². The molecule has 0 bridgehead atoms. The van der Waals surface area contributed by atoms with Crippen molar-refractivity contribution in [1.29, 1.82) is 0 Å². The number of hydrogen-bond donors (Lipinski definition) is 2. The van der Waals surface area contributed by atoms with Crippen molar-refractivity contribution in [1.82, 2.24) is 0 Å². The summed E-state index contributed by atoms with van der Waals surface area (Å²) in [5.41, 5.74) is 3.48. The minimum atomic E-state index is -0.569. The van der Waals surface area contributed by atoms with Gasteiger partial charge in [-0.1, -0.05) is 60.7 Å². The minimum absolute atomic E-state index is 0.0304. The molecule has 0 aliphatic heterocycles. The quantitative estimate of drug-likeness (QED) is 0.106. The normalized spacial score (nSPS) is 11.6. The van der Waals surface area contributed by atoms with Crippen molar-refractivity contribution in [2.75, 3.05) is 10.6 Å². The van der Waals surface area contributed by atoms with Gasteiger partial charge in [0.05, 0.1) is 4.92 Å². The summed E-state index contributed by atoms with van der Waals surface area (Å²) >= 11 is 1.37. The number of rotatable bonds is 9. The molecule has 0 heterocycles. The van der Waals surface area contributed by atoms with Crippen molar-refractivity contribution >= 4 is 46.7 Å². The SMILES string of the molecule is Cc1cc([N+](=O)[O-])ccc1NC(=O)C(Sc1ccc(NC(=O)/C=C/c2ccccc2)cc1)c1ccccc1. The molecule has 0 aromatic heterocycles. The van der Waals surface area contributed by atoms with Gasteiger partial charge < -0.3 is 10.6 Å². The fourth-order valence-corrected chi connectivity index (χ4v) is 4.70. The van der Waals surface area contributed by atoms with Crippen molar-refractivity contribution in [3.05, 3.63) is 136 Å². The van der Waals surface area contributed by atoms with Crippen molar-refractivity contribution in [3.8, 4) is 0 Å². The number of non-ortho nitro benzene ring substituents is 1. The average Bonchev–Trinajstić information content (AvgIpc) is 2.93. The highest BCUT2D eigenvalue weighted by molar-refractivity contribution is 8.00. The van der Waals surface area contributed by atoms with E-state index in [2.05, 4.69) is 10.6 Å². The van der Waals surface area contributed by atoms with Crippen molar-refractivity contribution in [3.63, 3.8) is 0 Å². The van der Waals surface area contributed by atoms with E-state index in [1.807, 2.05) is 72.8 Å². The van der Waals surface area contributed by atoms with Crippen LogP contribution in [0.3, 0.4) is 0 Å². The van der Waals surface area contributed by atoms with Crippen LogP contribution in [0.1, 0.15) is 21.9 Å². The predicted octanol–water partition coefficient (Wildman–Crippen LogP) is 7.03. The fraction of sp³-hybridized carbons (Fsp3) is 0.0667. The van der Waals surface area contributed by atoms with Gasteiger partial charge in [0.1, 0.15) is 5.25 Å². The molecule has 7 nitrogen and oxygen atoms in total. The number of carbonyl (C=O) groups is 2. The number of carbonyl (C=O) groups excluding carboxylic acids is 2. The zero-order chi connectivity index (χ0) is 26.9. The third-order valence-electron chi connectivity index (χ3n) is 5.62. The van der Waals surface area contributed by atoms with Crippen molar-refractivity contribution in [2.45, 2.75) is 17.1 Å². The molecule has 0 aliphatic rings. The second kappa shape index (κ2) is 12.5. The minimum Gasteiger partial charge on any atom is -0.325 e. The zero-order valence-electron chi connectivity index (χ0n) is 20.5. The summed E-state index contributed by atoms with van der Waals surface area (Å²) < 4.78 is 0. The molecule has 0 spiro atoms. The Hall–Kier alpha value is -4.69. The van der Waals surface area contributed by atoms with Crippen LogP contribution in [0.2, 0.25) is 0 Å². The Bertz CT molecular complexity index is 1460. The van der Waals surface area contributed by atoms with E-state index in [1.54, 1.807) is 31.2 Å². The molecule has 0 saturated carbocycles. The summed E-state index contributed by atoms with van der Waals surface area (Å²) in [7, 11) is 0. The van der Waals surface area contributed by atoms with E-state index < -0.39 is 10.2 Å². The molecule has 38 heavy (non-hydrogen) atoms. The molecular weight excluding hydrogens is 498 g/mol. The molecule has 8 heteroatoms. The van der Waals surface area contributed by atoms with Crippen LogP contribution in [0, 0.1) is 17.0 Å². The highest BCUT2D eigenvalue weighted by Crippen LogP contribution is 2.37. The van der Waals surface area contributed by atoms with Crippen LogP contribution in [0.25, 0.3) is 6.08 Å². The fourth-order valence-electron chi connectivity index (χ4n) is 3.67. The Kier molecular flexibility index (Phi) is 8.69. The highest BCUT2D eigenvalue weighted by Gasteiger charge is 2.23. The number of thioether (sulfide) groups is 1. The molecule has 190 valence electrons. The molecule has 2 N–H and O–H groups in total. The molecule has 4 rings (SSSR count). The Labute approximate surface area is 224 Å². The summed E-state index contributed by atoms with van der Waals surface area (Å²) in [5.74, 6) is -0.490. The first-order chi connectivity index (χ1) is 18.4. The largest absolute Gasteiger partial charge is 0.325 e. The van der Waals surface area contributed by atoms with Gasteiger partial charge in [-0.15, -0.1) is 11.8 Å². The smallest absolute Gasteiger partial charge is 0.269 e. The highest BCUT2D eigenvalue weighted by atomic mass is 32.2. The monoisotopic (exact) mass is 523 g/mol. The second-order valence-corrected chi connectivity index (χ2v) is 9.59.